The summed E-state index contributed by atoms with van der Waals surface area (Å²) in [6.45, 7) is 3.42. The minimum Gasteiger partial charge on any atom is -0.345 e. The number of hydrogen-bond acceptors (Lipinski definition) is 4. The zero-order chi connectivity index (χ0) is 18.8. The fraction of sp³-hybridized carbons (Fsp3) is 0.632. The Labute approximate surface area is 168 Å². The van der Waals surface area contributed by atoms with Gasteiger partial charge in [-0.3, -0.25) is 4.79 Å². The fourth-order valence-electron chi connectivity index (χ4n) is 3.60. The van der Waals surface area contributed by atoms with Crippen LogP contribution in [0.2, 0.25) is 0 Å². The number of carbonyl (C=O) groups excluding carboxylic acids is 1. The van der Waals surface area contributed by atoms with Crippen LogP contribution >= 0.6 is 12.4 Å². The Hall–Kier alpha value is -1.15. The van der Waals surface area contributed by atoms with Crippen molar-refractivity contribution in [3.63, 3.8) is 0 Å². The minimum absolute atomic E-state index is 0. The molecule has 1 unspecified atom stereocenters. The highest BCUT2D eigenvalue weighted by molar-refractivity contribution is 7.89. The minimum atomic E-state index is -3.57. The molecule has 1 saturated carbocycles. The molecule has 0 bridgehead atoms. The normalized spacial score (nSPS) is 20.8. The number of hydrogen-bond donors (Lipinski definition) is 2. The maximum atomic E-state index is 12.9. The van der Waals surface area contributed by atoms with Crippen LogP contribution in [0, 0.1) is 5.92 Å². The van der Waals surface area contributed by atoms with Crippen LogP contribution in [-0.4, -0.2) is 43.8 Å². The van der Waals surface area contributed by atoms with Crippen molar-refractivity contribution in [3.05, 3.63) is 29.8 Å². The molecule has 2 fully saturated rings. The lowest BCUT2D eigenvalue weighted by atomic mass is 9.95. The Morgan fingerprint density at radius 2 is 1.85 bits per heavy atom. The summed E-state index contributed by atoms with van der Waals surface area (Å²) < 4.78 is 27.4. The SMILES string of the molecule is CC(CN)(NC(=O)c1cccc(S(=O)(=O)N2CCCCCC2)c1)C1CC1.Cl. The first-order valence-electron chi connectivity index (χ1n) is 9.49. The Balaban J connectivity index is 0.00000261. The van der Waals surface area contributed by atoms with Gasteiger partial charge in [0, 0.05) is 25.2 Å². The summed E-state index contributed by atoms with van der Waals surface area (Å²) >= 11 is 0. The molecule has 8 heteroatoms. The number of nitrogens with one attached hydrogen (secondary N) is 1. The number of rotatable bonds is 6. The maximum Gasteiger partial charge on any atom is 0.251 e. The van der Waals surface area contributed by atoms with E-state index in [4.69, 9.17) is 5.73 Å². The van der Waals surface area contributed by atoms with Gasteiger partial charge in [-0.05, 0) is 56.7 Å². The number of carbonyl (C=O) groups is 1. The zero-order valence-corrected chi connectivity index (χ0v) is 17.4. The van der Waals surface area contributed by atoms with Gasteiger partial charge in [0.15, 0.2) is 0 Å². The molecule has 1 amide bonds. The van der Waals surface area contributed by atoms with Crippen LogP contribution in [0.15, 0.2) is 29.2 Å². The highest BCUT2D eigenvalue weighted by atomic mass is 35.5. The predicted molar refractivity (Wildman–Crippen MR) is 109 cm³/mol. The summed E-state index contributed by atoms with van der Waals surface area (Å²) in [5.41, 5.74) is 5.80. The van der Waals surface area contributed by atoms with Crippen LogP contribution in [-0.2, 0) is 10.0 Å². The van der Waals surface area contributed by atoms with Crippen molar-refractivity contribution in [2.24, 2.45) is 11.7 Å². The van der Waals surface area contributed by atoms with Crippen molar-refractivity contribution < 1.29 is 13.2 Å². The maximum absolute atomic E-state index is 12.9. The van der Waals surface area contributed by atoms with Gasteiger partial charge in [0.25, 0.3) is 5.91 Å². The lowest BCUT2D eigenvalue weighted by molar-refractivity contribution is 0.0897. The van der Waals surface area contributed by atoms with Gasteiger partial charge in [-0.1, -0.05) is 18.9 Å². The molecule has 1 aliphatic carbocycles. The Morgan fingerprint density at radius 1 is 1.22 bits per heavy atom. The van der Waals surface area contributed by atoms with E-state index in [0.29, 0.717) is 31.1 Å². The predicted octanol–water partition coefficient (Wildman–Crippen LogP) is 2.53. The Kier molecular flexibility index (Phi) is 7.30. The molecule has 2 aliphatic rings. The van der Waals surface area contributed by atoms with E-state index in [0.717, 1.165) is 38.5 Å². The summed E-state index contributed by atoms with van der Waals surface area (Å²) in [5.74, 6) is 0.137. The second-order valence-electron chi connectivity index (χ2n) is 7.70. The molecular formula is C19H30ClN3O3S. The number of amides is 1. The topological polar surface area (TPSA) is 92.5 Å². The first-order chi connectivity index (χ1) is 12.4. The van der Waals surface area contributed by atoms with Crippen molar-refractivity contribution in [2.75, 3.05) is 19.6 Å². The smallest absolute Gasteiger partial charge is 0.251 e. The van der Waals surface area contributed by atoms with Gasteiger partial charge in [-0.15, -0.1) is 12.4 Å². The number of benzene rings is 1. The molecule has 0 aromatic heterocycles. The van der Waals surface area contributed by atoms with Crippen molar-refractivity contribution in [2.45, 2.75) is 55.9 Å². The zero-order valence-electron chi connectivity index (χ0n) is 15.8. The van der Waals surface area contributed by atoms with Gasteiger partial charge >= 0.3 is 0 Å². The highest BCUT2D eigenvalue weighted by Crippen LogP contribution is 2.39. The van der Waals surface area contributed by atoms with Gasteiger partial charge < -0.3 is 11.1 Å². The summed E-state index contributed by atoms with van der Waals surface area (Å²) in [7, 11) is -3.57. The summed E-state index contributed by atoms with van der Waals surface area (Å²) in [6, 6.07) is 6.34. The van der Waals surface area contributed by atoms with E-state index < -0.39 is 15.6 Å². The third kappa shape index (κ3) is 5.02. The summed E-state index contributed by atoms with van der Waals surface area (Å²) in [5, 5.41) is 3.02. The quantitative estimate of drug-likeness (QED) is 0.746. The van der Waals surface area contributed by atoms with E-state index in [1.165, 1.54) is 6.07 Å². The lowest BCUT2D eigenvalue weighted by Gasteiger charge is -2.29. The second-order valence-corrected chi connectivity index (χ2v) is 9.63. The third-order valence-corrected chi connectivity index (χ3v) is 7.50. The number of sulfonamides is 1. The van der Waals surface area contributed by atoms with Gasteiger partial charge in [0.05, 0.1) is 10.4 Å². The first-order valence-corrected chi connectivity index (χ1v) is 10.9. The van der Waals surface area contributed by atoms with Crippen molar-refractivity contribution >= 4 is 28.3 Å². The number of halogens is 1. The van der Waals surface area contributed by atoms with Crippen LogP contribution in [0.1, 0.15) is 55.8 Å². The van der Waals surface area contributed by atoms with E-state index in [-0.39, 0.29) is 23.2 Å². The van der Waals surface area contributed by atoms with Crippen LogP contribution in [0.5, 0.6) is 0 Å². The first kappa shape index (κ1) is 22.1. The molecule has 1 atom stereocenters. The van der Waals surface area contributed by atoms with E-state index in [1.807, 2.05) is 6.92 Å². The van der Waals surface area contributed by atoms with E-state index >= 15 is 0 Å². The van der Waals surface area contributed by atoms with Gasteiger partial charge in [-0.25, -0.2) is 8.42 Å². The molecule has 1 aliphatic heterocycles. The van der Waals surface area contributed by atoms with Crippen molar-refractivity contribution in [3.8, 4) is 0 Å². The van der Waals surface area contributed by atoms with Gasteiger partial charge in [-0.2, -0.15) is 4.31 Å². The molecule has 6 nitrogen and oxygen atoms in total. The average molecular weight is 416 g/mol. The molecule has 1 saturated heterocycles. The molecule has 1 aromatic carbocycles. The second kappa shape index (κ2) is 8.90. The molecule has 152 valence electrons. The third-order valence-electron chi connectivity index (χ3n) is 5.60. The summed E-state index contributed by atoms with van der Waals surface area (Å²) in [6.07, 6.45) is 6.03. The van der Waals surface area contributed by atoms with Crippen molar-refractivity contribution in [1.82, 2.24) is 9.62 Å². The number of nitrogens with zero attached hydrogens (tertiary/aromatic N) is 1. The molecule has 27 heavy (non-hydrogen) atoms. The molecule has 1 aromatic rings. The van der Waals surface area contributed by atoms with Crippen LogP contribution in [0.25, 0.3) is 0 Å². The van der Waals surface area contributed by atoms with Crippen molar-refractivity contribution in [1.29, 1.82) is 0 Å². The monoisotopic (exact) mass is 415 g/mol. The van der Waals surface area contributed by atoms with Crippen LogP contribution < -0.4 is 11.1 Å². The van der Waals surface area contributed by atoms with E-state index in [1.54, 1.807) is 22.5 Å². The molecular weight excluding hydrogens is 386 g/mol. The van der Waals surface area contributed by atoms with Crippen LogP contribution in [0.3, 0.4) is 0 Å². The number of nitrogens with two attached hydrogens (primary N) is 1. The molecule has 3 N–H and O–H groups in total. The largest absolute Gasteiger partial charge is 0.345 e. The van der Waals surface area contributed by atoms with E-state index in [2.05, 4.69) is 5.32 Å². The standard InChI is InChI=1S/C19H29N3O3S.ClH/c1-19(14-20,16-9-10-16)21-18(23)15-7-6-8-17(13-15)26(24,25)22-11-4-2-3-5-12-22;/h6-8,13,16H,2-5,9-12,14,20H2,1H3,(H,21,23);1H. The fourth-order valence-corrected chi connectivity index (χ4v) is 5.16. The molecule has 3 rings (SSSR count). The molecule has 0 radical (unpaired) electrons. The highest BCUT2D eigenvalue weighted by Gasteiger charge is 2.41. The average Bonchev–Trinajstić information content (AvgIpc) is 3.48. The molecule has 1 heterocycles. The lowest BCUT2D eigenvalue weighted by Crippen LogP contribution is -2.53. The Bertz CT molecular complexity index is 759. The van der Waals surface area contributed by atoms with Gasteiger partial charge in [0.2, 0.25) is 10.0 Å². The Morgan fingerprint density at radius 3 is 2.41 bits per heavy atom. The van der Waals surface area contributed by atoms with E-state index in [9.17, 15) is 13.2 Å². The van der Waals surface area contributed by atoms with Gasteiger partial charge in [0.1, 0.15) is 0 Å². The molecule has 0 spiro atoms. The van der Waals surface area contributed by atoms with Crippen LogP contribution in [0.4, 0.5) is 0 Å². The summed E-state index contributed by atoms with van der Waals surface area (Å²) in [4.78, 5) is 12.9.